The molecule has 2 unspecified atom stereocenters. The Labute approximate surface area is 164 Å². The highest BCUT2D eigenvalue weighted by Gasteiger charge is 2.35. The molecule has 2 aromatic carbocycles. The van der Waals surface area contributed by atoms with Gasteiger partial charge in [0.25, 0.3) is 0 Å². The van der Waals surface area contributed by atoms with Crippen LogP contribution in [0.2, 0.25) is 0 Å². The number of benzene rings is 2. The molecule has 0 radical (unpaired) electrons. The van der Waals surface area contributed by atoms with E-state index in [2.05, 4.69) is 5.32 Å². The quantitative estimate of drug-likeness (QED) is 0.825. The molecule has 0 bridgehead atoms. The molecule has 148 valence electrons. The van der Waals surface area contributed by atoms with Crippen LogP contribution in [-0.4, -0.2) is 32.1 Å². The summed E-state index contributed by atoms with van der Waals surface area (Å²) in [5.41, 5.74) is 0.973. The number of fused-ring (bicyclic) bond motifs is 1. The number of sulfone groups is 1. The molecule has 4 rings (SSSR count). The molecule has 0 spiro atoms. The van der Waals surface area contributed by atoms with Crippen LogP contribution in [-0.2, 0) is 31.4 Å². The standard InChI is InChI=1S/C21H23NO5S/c1-14-13-21(24,9-10-27-14)16-3-2-4-17(12-16)28(25,26)18-6-7-19-15(11-18)5-8-20(23)22-19/h2-4,6-7,11-12,14,24H,5,8-10,13H2,1H3,(H,22,23). The Hall–Kier alpha value is -2.22. The Kier molecular flexibility index (Phi) is 4.77. The summed E-state index contributed by atoms with van der Waals surface area (Å²) in [5, 5.41) is 13.8. The largest absolute Gasteiger partial charge is 0.385 e. The molecule has 2 atom stereocenters. The molecule has 6 nitrogen and oxygen atoms in total. The highest BCUT2D eigenvalue weighted by atomic mass is 32.2. The number of anilines is 1. The van der Waals surface area contributed by atoms with Crippen LogP contribution < -0.4 is 5.32 Å². The summed E-state index contributed by atoms with van der Waals surface area (Å²) >= 11 is 0. The van der Waals surface area contributed by atoms with Crippen molar-refractivity contribution in [1.82, 2.24) is 0 Å². The fourth-order valence-electron chi connectivity index (χ4n) is 3.94. The first-order chi connectivity index (χ1) is 13.3. The molecule has 2 aromatic rings. The molecule has 2 aliphatic rings. The second-order valence-electron chi connectivity index (χ2n) is 7.57. The molecule has 0 aliphatic carbocycles. The number of rotatable bonds is 3. The van der Waals surface area contributed by atoms with Crippen molar-refractivity contribution in [1.29, 1.82) is 0 Å². The van der Waals surface area contributed by atoms with E-state index < -0.39 is 15.4 Å². The summed E-state index contributed by atoms with van der Waals surface area (Å²) in [5.74, 6) is -0.0604. The molecule has 1 saturated heterocycles. The van der Waals surface area contributed by atoms with Gasteiger partial charge in [0, 0.05) is 24.9 Å². The monoisotopic (exact) mass is 401 g/mol. The van der Waals surface area contributed by atoms with Gasteiger partial charge in [0.15, 0.2) is 0 Å². The normalized spacial score (nSPS) is 25.1. The first-order valence-electron chi connectivity index (χ1n) is 9.40. The molecular weight excluding hydrogens is 378 g/mol. The zero-order valence-electron chi connectivity index (χ0n) is 15.6. The molecule has 2 aliphatic heterocycles. The Bertz CT molecular complexity index is 1030. The Morgan fingerprint density at radius 2 is 1.93 bits per heavy atom. The highest BCUT2D eigenvalue weighted by molar-refractivity contribution is 7.91. The van der Waals surface area contributed by atoms with E-state index in [-0.39, 0.29) is 21.8 Å². The van der Waals surface area contributed by atoms with Crippen molar-refractivity contribution in [2.24, 2.45) is 0 Å². The van der Waals surface area contributed by atoms with E-state index in [0.29, 0.717) is 43.5 Å². The summed E-state index contributed by atoms with van der Waals surface area (Å²) < 4.78 is 31.9. The van der Waals surface area contributed by atoms with Crippen LogP contribution in [0.1, 0.15) is 37.3 Å². The van der Waals surface area contributed by atoms with E-state index in [1.165, 1.54) is 6.07 Å². The number of amides is 1. The number of aryl methyl sites for hydroxylation is 1. The van der Waals surface area contributed by atoms with Crippen LogP contribution in [0, 0.1) is 0 Å². The molecule has 0 aromatic heterocycles. The third-order valence-corrected chi connectivity index (χ3v) is 7.26. The van der Waals surface area contributed by atoms with Gasteiger partial charge in [-0.2, -0.15) is 0 Å². The van der Waals surface area contributed by atoms with Crippen molar-refractivity contribution in [2.75, 3.05) is 11.9 Å². The zero-order chi connectivity index (χ0) is 19.9. The number of carbonyl (C=O) groups excluding carboxylic acids is 1. The lowest BCUT2D eigenvalue weighted by Crippen LogP contribution is -2.37. The maximum Gasteiger partial charge on any atom is 0.224 e. The fraction of sp³-hybridized carbons (Fsp3) is 0.381. The van der Waals surface area contributed by atoms with E-state index in [4.69, 9.17) is 4.74 Å². The second-order valence-corrected chi connectivity index (χ2v) is 9.52. The predicted molar refractivity (Wildman–Crippen MR) is 104 cm³/mol. The van der Waals surface area contributed by atoms with Gasteiger partial charge in [0.1, 0.15) is 0 Å². The van der Waals surface area contributed by atoms with Crippen molar-refractivity contribution in [2.45, 2.75) is 54.1 Å². The van der Waals surface area contributed by atoms with E-state index >= 15 is 0 Å². The van der Waals surface area contributed by atoms with Crippen molar-refractivity contribution < 1.29 is 23.1 Å². The van der Waals surface area contributed by atoms with Crippen LogP contribution in [0.5, 0.6) is 0 Å². The molecule has 1 amide bonds. The summed E-state index contributed by atoms with van der Waals surface area (Å²) in [6, 6.07) is 11.3. The van der Waals surface area contributed by atoms with Gasteiger partial charge in [-0.05, 0) is 54.8 Å². The number of ether oxygens (including phenoxy) is 1. The minimum atomic E-state index is -3.74. The summed E-state index contributed by atoms with van der Waals surface area (Å²) in [4.78, 5) is 11.8. The molecule has 0 saturated carbocycles. The first kappa shape index (κ1) is 19.1. The van der Waals surface area contributed by atoms with Gasteiger partial charge in [0.05, 0.1) is 28.1 Å². The maximum absolute atomic E-state index is 13.2. The van der Waals surface area contributed by atoms with E-state index in [0.717, 1.165) is 5.56 Å². The van der Waals surface area contributed by atoms with Gasteiger partial charge in [-0.25, -0.2) is 8.42 Å². The smallest absolute Gasteiger partial charge is 0.224 e. The Morgan fingerprint density at radius 1 is 1.14 bits per heavy atom. The van der Waals surface area contributed by atoms with Gasteiger partial charge in [-0.1, -0.05) is 12.1 Å². The van der Waals surface area contributed by atoms with Crippen LogP contribution in [0.4, 0.5) is 5.69 Å². The third kappa shape index (κ3) is 3.45. The van der Waals surface area contributed by atoms with Gasteiger partial charge in [-0.3, -0.25) is 4.79 Å². The number of carbonyl (C=O) groups is 1. The lowest BCUT2D eigenvalue weighted by atomic mass is 9.84. The molecule has 28 heavy (non-hydrogen) atoms. The SMILES string of the molecule is CC1CC(O)(c2cccc(S(=O)(=O)c3ccc4c(c3)CCC(=O)N4)c2)CCO1. The lowest BCUT2D eigenvalue weighted by Gasteiger charge is -2.36. The fourth-order valence-corrected chi connectivity index (χ4v) is 5.30. The molecule has 2 heterocycles. The molecule has 2 N–H and O–H groups in total. The summed E-state index contributed by atoms with van der Waals surface area (Å²) in [6.07, 6.45) is 1.63. The van der Waals surface area contributed by atoms with Crippen molar-refractivity contribution in [3.63, 3.8) is 0 Å². The average Bonchev–Trinajstić information content (AvgIpc) is 2.67. The average molecular weight is 401 g/mol. The lowest BCUT2D eigenvalue weighted by molar-refractivity contribution is -0.116. The van der Waals surface area contributed by atoms with E-state index in [9.17, 15) is 18.3 Å². The Morgan fingerprint density at radius 3 is 2.71 bits per heavy atom. The predicted octanol–water partition coefficient (Wildman–Crippen LogP) is 2.79. The van der Waals surface area contributed by atoms with Gasteiger partial charge >= 0.3 is 0 Å². The van der Waals surface area contributed by atoms with Gasteiger partial charge in [0.2, 0.25) is 15.7 Å². The van der Waals surface area contributed by atoms with Crippen molar-refractivity contribution >= 4 is 21.4 Å². The molecule has 1 fully saturated rings. The van der Waals surface area contributed by atoms with Crippen LogP contribution in [0.25, 0.3) is 0 Å². The number of nitrogens with one attached hydrogen (secondary N) is 1. The van der Waals surface area contributed by atoms with E-state index in [1.807, 2.05) is 6.92 Å². The number of aliphatic hydroxyl groups is 1. The summed E-state index contributed by atoms with van der Waals surface area (Å²) in [6.45, 7) is 2.34. The maximum atomic E-state index is 13.2. The zero-order valence-corrected chi connectivity index (χ0v) is 16.5. The first-order valence-corrected chi connectivity index (χ1v) is 10.9. The second kappa shape index (κ2) is 6.99. The third-order valence-electron chi connectivity index (χ3n) is 5.51. The van der Waals surface area contributed by atoms with Crippen LogP contribution >= 0.6 is 0 Å². The minimum absolute atomic E-state index is 0.0604. The van der Waals surface area contributed by atoms with Gasteiger partial charge in [-0.15, -0.1) is 0 Å². The van der Waals surface area contributed by atoms with E-state index in [1.54, 1.807) is 36.4 Å². The number of hydrogen-bond acceptors (Lipinski definition) is 5. The summed E-state index contributed by atoms with van der Waals surface area (Å²) in [7, 11) is -3.74. The van der Waals surface area contributed by atoms with Crippen molar-refractivity contribution in [3.05, 3.63) is 53.6 Å². The van der Waals surface area contributed by atoms with Crippen LogP contribution in [0.3, 0.4) is 0 Å². The highest BCUT2D eigenvalue weighted by Crippen LogP contribution is 2.36. The van der Waals surface area contributed by atoms with Gasteiger partial charge < -0.3 is 15.2 Å². The minimum Gasteiger partial charge on any atom is -0.385 e. The van der Waals surface area contributed by atoms with Crippen molar-refractivity contribution in [3.8, 4) is 0 Å². The van der Waals surface area contributed by atoms with Crippen LogP contribution in [0.15, 0.2) is 52.3 Å². The topological polar surface area (TPSA) is 92.7 Å². The molecular formula is C21H23NO5S. The Balaban J connectivity index is 1.70. The number of hydrogen-bond donors (Lipinski definition) is 2. The molecule has 7 heteroatoms.